The van der Waals surface area contributed by atoms with E-state index in [2.05, 4.69) is 93.4 Å². The van der Waals surface area contributed by atoms with Gasteiger partial charge in [0.05, 0.1) is 17.4 Å². The third kappa shape index (κ3) is 5.08. The minimum Gasteiger partial charge on any atom is -0.367 e. The smallest absolute Gasteiger partial charge is 0.106 e. The highest BCUT2D eigenvalue weighted by Crippen LogP contribution is 2.73. The van der Waals surface area contributed by atoms with Crippen molar-refractivity contribution in [2.75, 3.05) is 0 Å². The van der Waals surface area contributed by atoms with Crippen molar-refractivity contribution < 1.29 is 4.79 Å². The van der Waals surface area contributed by atoms with Crippen molar-refractivity contribution >= 4 is 6.79 Å². The lowest BCUT2D eigenvalue weighted by Gasteiger charge is -2.70. The predicted molar refractivity (Wildman–Crippen MR) is 152 cm³/mol. The van der Waals surface area contributed by atoms with Crippen LogP contribution >= 0.6 is 0 Å². The first-order valence-electron chi connectivity index (χ1n) is 14.4. The average molecular weight is 489 g/mol. The molecule has 3 aliphatic rings. The Bertz CT molecular complexity index is 751. The van der Waals surface area contributed by atoms with Crippen LogP contribution in [-0.2, 0) is 4.79 Å². The van der Waals surface area contributed by atoms with Gasteiger partial charge in [-0.2, -0.15) is 0 Å². The number of nitrogens with one attached hydrogen (secondary N) is 2. The van der Waals surface area contributed by atoms with E-state index >= 15 is 0 Å². The van der Waals surface area contributed by atoms with Gasteiger partial charge in [-0.05, 0) is 77.9 Å². The molecule has 35 heavy (non-hydrogen) atoms. The number of rotatable bonds is 8. The zero-order valence-corrected chi connectivity index (χ0v) is 25.4. The fourth-order valence-electron chi connectivity index (χ4n) is 8.43. The number of unbranched alkanes of at least 4 members (excludes halogenated alkanes) is 1. The summed E-state index contributed by atoms with van der Waals surface area (Å²) in [7, 11) is 0. The van der Waals surface area contributed by atoms with Gasteiger partial charge in [0.25, 0.3) is 0 Å². The summed E-state index contributed by atoms with van der Waals surface area (Å²) in [6, 6.07) is 0.590. The monoisotopic (exact) mass is 488 g/mol. The van der Waals surface area contributed by atoms with Crippen molar-refractivity contribution in [1.29, 1.82) is 0 Å². The summed E-state index contributed by atoms with van der Waals surface area (Å²) in [6.45, 7) is 34.0. The summed E-state index contributed by atoms with van der Waals surface area (Å²) in [6.07, 6.45) is 12.3. The zero-order chi connectivity index (χ0) is 27.1. The van der Waals surface area contributed by atoms with Crippen LogP contribution in [0, 0.1) is 38.9 Å². The van der Waals surface area contributed by atoms with Crippen LogP contribution in [0.15, 0.2) is 12.4 Å². The lowest BCUT2D eigenvalue weighted by atomic mass is 9.34. The Hall–Kier alpha value is -0.990. The van der Waals surface area contributed by atoms with Gasteiger partial charge in [0.1, 0.15) is 6.79 Å². The molecular formula is C32H60N2O. The van der Waals surface area contributed by atoms with E-state index in [4.69, 9.17) is 4.79 Å². The van der Waals surface area contributed by atoms with Gasteiger partial charge in [0, 0.05) is 0 Å². The first-order valence-corrected chi connectivity index (χ1v) is 14.4. The van der Waals surface area contributed by atoms with Gasteiger partial charge in [0.15, 0.2) is 0 Å². The number of fused-ring (bicyclic) bond motifs is 1. The Morgan fingerprint density at radius 2 is 1.49 bits per heavy atom. The Balaban J connectivity index is 0.00000210. The maximum Gasteiger partial charge on any atom is 0.106 e. The molecule has 3 fully saturated rings. The van der Waals surface area contributed by atoms with E-state index in [-0.39, 0.29) is 5.54 Å². The van der Waals surface area contributed by atoms with Crippen LogP contribution in [0.25, 0.3) is 0 Å². The van der Waals surface area contributed by atoms with E-state index in [0.717, 1.165) is 17.7 Å². The molecule has 0 aromatic carbocycles. The lowest BCUT2D eigenvalue weighted by Crippen LogP contribution is -2.63. The van der Waals surface area contributed by atoms with Crippen LogP contribution in [0.5, 0.6) is 0 Å². The molecule has 1 saturated heterocycles. The third-order valence-corrected chi connectivity index (χ3v) is 12.8. The molecule has 204 valence electrons. The molecule has 0 spiro atoms. The van der Waals surface area contributed by atoms with Crippen molar-refractivity contribution in [2.24, 2.45) is 38.9 Å². The molecule has 1 heterocycles. The van der Waals surface area contributed by atoms with Crippen LogP contribution in [0.4, 0.5) is 0 Å². The van der Waals surface area contributed by atoms with Crippen molar-refractivity contribution in [3.63, 3.8) is 0 Å². The molecule has 0 bridgehead atoms. The van der Waals surface area contributed by atoms with Crippen LogP contribution in [0.2, 0.25) is 0 Å². The van der Waals surface area contributed by atoms with Gasteiger partial charge in [-0.15, -0.1) is 0 Å². The summed E-state index contributed by atoms with van der Waals surface area (Å²) in [4.78, 5) is 8.00. The van der Waals surface area contributed by atoms with Crippen molar-refractivity contribution in [3.05, 3.63) is 12.4 Å². The normalized spacial score (nSPS) is 36.8. The number of carbonyl (C=O) groups excluding carboxylic acids is 1. The number of hydrogen-bond acceptors (Lipinski definition) is 3. The predicted octanol–water partition coefficient (Wildman–Crippen LogP) is 8.49. The highest BCUT2D eigenvalue weighted by Gasteiger charge is 2.65. The topological polar surface area (TPSA) is 41.1 Å². The van der Waals surface area contributed by atoms with Crippen LogP contribution < -0.4 is 10.6 Å². The second-order valence-electron chi connectivity index (χ2n) is 15.4. The fraction of sp³-hybridized carbons (Fsp3) is 0.906. The second kappa shape index (κ2) is 10.1. The van der Waals surface area contributed by atoms with Crippen molar-refractivity contribution in [2.45, 2.75) is 146 Å². The first kappa shape index (κ1) is 30.2. The summed E-state index contributed by atoms with van der Waals surface area (Å²) >= 11 is 0. The molecule has 5 atom stereocenters. The summed E-state index contributed by atoms with van der Waals surface area (Å²) in [5.74, 6) is 2.68. The lowest BCUT2D eigenvalue weighted by molar-refractivity contribution is -0.217. The van der Waals surface area contributed by atoms with Crippen molar-refractivity contribution in [1.82, 2.24) is 10.6 Å². The van der Waals surface area contributed by atoms with E-state index in [1.807, 2.05) is 6.79 Å². The van der Waals surface area contributed by atoms with Gasteiger partial charge >= 0.3 is 0 Å². The molecule has 0 amide bonds. The molecule has 2 N–H and O–H groups in total. The van der Waals surface area contributed by atoms with E-state index < -0.39 is 0 Å². The molecular weight excluding hydrogens is 428 g/mol. The molecule has 3 nitrogen and oxygen atoms in total. The third-order valence-electron chi connectivity index (χ3n) is 12.8. The van der Waals surface area contributed by atoms with E-state index in [1.54, 1.807) is 0 Å². The summed E-state index contributed by atoms with van der Waals surface area (Å²) in [5.41, 5.74) is 1.92. The summed E-state index contributed by atoms with van der Waals surface area (Å²) < 4.78 is 0. The fourth-order valence-corrected chi connectivity index (χ4v) is 8.43. The standard InChI is InChI=1S/C31H58N2.CH2O/c1-22(15-13-14-16-24-18-20-31(12)25(24)32-23(2)33-31)17-19-30(11)21-26(3,4)27(5,6)28(7,8)29(30,9)10;1-2/h22,24-25,32-33H,2,13-21H2,1,3-12H3;1H2/t22?,24?,25-,30?,31+;/m1./s1. The molecule has 3 heteroatoms. The van der Waals surface area contributed by atoms with E-state index in [1.165, 1.54) is 57.8 Å². The highest BCUT2D eigenvalue weighted by molar-refractivity contribution is 5.18. The largest absolute Gasteiger partial charge is 0.367 e. The molecule has 2 aliphatic carbocycles. The maximum atomic E-state index is 8.00. The highest BCUT2D eigenvalue weighted by atomic mass is 16.1. The van der Waals surface area contributed by atoms with Gasteiger partial charge in [-0.3, -0.25) is 0 Å². The molecule has 3 rings (SSSR count). The minimum atomic E-state index is 0.243. The molecule has 2 saturated carbocycles. The minimum absolute atomic E-state index is 0.243. The maximum absolute atomic E-state index is 8.00. The van der Waals surface area contributed by atoms with Gasteiger partial charge in [-0.1, -0.05) is 101 Å². The molecule has 1 aliphatic heterocycles. The van der Waals surface area contributed by atoms with Gasteiger partial charge < -0.3 is 15.4 Å². The molecule has 0 radical (unpaired) electrons. The Morgan fingerprint density at radius 3 is 2.09 bits per heavy atom. The Kier molecular flexibility index (Phi) is 8.68. The average Bonchev–Trinajstić information content (AvgIpc) is 3.21. The first-order chi connectivity index (χ1) is 15.9. The van der Waals surface area contributed by atoms with E-state index in [0.29, 0.717) is 33.1 Å². The van der Waals surface area contributed by atoms with Crippen molar-refractivity contribution in [3.8, 4) is 0 Å². The molecule has 3 unspecified atom stereocenters. The van der Waals surface area contributed by atoms with Gasteiger partial charge in [0.2, 0.25) is 0 Å². The van der Waals surface area contributed by atoms with Crippen LogP contribution in [0.1, 0.15) is 134 Å². The van der Waals surface area contributed by atoms with Crippen LogP contribution in [0.3, 0.4) is 0 Å². The SMILES string of the molecule is C=C1N[C@@H]2C(CCCCC(C)CCC3(C)CC(C)(C)C(C)(C)C(C)(C)C3(C)C)CC[C@]2(C)N1.C=O. The number of hydrogen-bond donors (Lipinski definition) is 2. The van der Waals surface area contributed by atoms with E-state index in [9.17, 15) is 0 Å². The Labute approximate surface area is 219 Å². The van der Waals surface area contributed by atoms with Gasteiger partial charge in [-0.25, -0.2) is 0 Å². The van der Waals surface area contributed by atoms with Crippen LogP contribution in [-0.4, -0.2) is 18.4 Å². The number of carbonyl (C=O) groups is 1. The summed E-state index contributed by atoms with van der Waals surface area (Å²) in [5, 5.41) is 7.24. The quantitative estimate of drug-likeness (QED) is 0.336. The molecule has 0 aromatic rings. The zero-order valence-electron chi connectivity index (χ0n) is 25.4. The second-order valence-corrected chi connectivity index (χ2v) is 15.4. The molecule has 0 aromatic heterocycles. The Morgan fingerprint density at radius 1 is 0.886 bits per heavy atom.